The molecule has 0 aliphatic carbocycles. The Morgan fingerprint density at radius 3 is 3.00 bits per heavy atom. The molecule has 13 heavy (non-hydrogen) atoms. The van der Waals surface area contributed by atoms with Crippen LogP contribution in [0.25, 0.3) is 0 Å². The van der Waals surface area contributed by atoms with Crippen molar-refractivity contribution in [2.24, 2.45) is 0 Å². The molecule has 2 rings (SSSR count). The van der Waals surface area contributed by atoms with Crippen LogP contribution in [0.4, 0.5) is 0 Å². The van der Waals surface area contributed by atoms with E-state index in [1.807, 2.05) is 12.3 Å². The first-order valence-electron chi connectivity index (χ1n) is 4.49. The van der Waals surface area contributed by atoms with E-state index in [2.05, 4.69) is 21.7 Å². The van der Waals surface area contributed by atoms with Crippen LogP contribution in [0.15, 0.2) is 18.3 Å². The fourth-order valence-corrected chi connectivity index (χ4v) is 1.86. The molecule has 1 unspecified atom stereocenters. The number of hydrogen-bond acceptors (Lipinski definition) is 3. The van der Waals surface area contributed by atoms with Crippen molar-refractivity contribution in [3.05, 3.63) is 28.5 Å². The van der Waals surface area contributed by atoms with Crippen molar-refractivity contribution in [1.82, 2.24) is 15.6 Å². The summed E-state index contributed by atoms with van der Waals surface area (Å²) in [6.45, 7) is 3.01. The molecule has 0 amide bonds. The summed E-state index contributed by atoms with van der Waals surface area (Å²) >= 11 is 5.21. The van der Waals surface area contributed by atoms with Crippen LogP contribution in [0.2, 0.25) is 0 Å². The molecule has 1 aromatic rings. The predicted octanol–water partition coefficient (Wildman–Crippen LogP) is 0.978. The lowest BCUT2D eigenvalue weighted by atomic mass is 10.1. The van der Waals surface area contributed by atoms with Crippen LogP contribution >= 0.6 is 12.2 Å². The lowest BCUT2D eigenvalue weighted by molar-refractivity contribution is 0.429. The smallest absolute Gasteiger partial charge is 0.108 e. The van der Waals surface area contributed by atoms with Gasteiger partial charge in [0.2, 0.25) is 0 Å². The maximum absolute atomic E-state index is 5.21. The van der Waals surface area contributed by atoms with Crippen LogP contribution in [-0.2, 0) is 0 Å². The normalized spacial score (nSPS) is 22.9. The molecule has 2 heterocycles. The van der Waals surface area contributed by atoms with Gasteiger partial charge in [0.25, 0.3) is 0 Å². The molecule has 1 aromatic heterocycles. The third kappa shape index (κ3) is 1.96. The number of hydrogen-bond donors (Lipinski definition) is 3. The Morgan fingerprint density at radius 1 is 1.38 bits per heavy atom. The van der Waals surface area contributed by atoms with Gasteiger partial charge in [-0.25, -0.2) is 0 Å². The molecule has 1 aliphatic heterocycles. The predicted molar refractivity (Wildman–Crippen MR) is 55.2 cm³/mol. The summed E-state index contributed by atoms with van der Waals surface area (Å²) in [6, 6.07) is 4.42. The highest BCUT2D eigenvalue weighted by atomic mass is 32.1. The molecule has 1 fully saturated rings. The van der Waals surface area contributed by atoms with E-state index in [1.54, 1.807) is 0 Å². The fraction of sp³-hybridized carbons (Fsp3) is 0.444. The van der Waals surface area contributed by atoms with Crippen molar-refractivity contribution < 1.29 is 0 Å². The van der Waals surface area contributed by atoms with Gasteiger partial charge in [0, 0.05) is 37.4 Å². The van der Waals surface area contributed by atoms with Gasteiger partial charge < -0.3 is 15.6 Å². The van der Waals surface area contributed by atoms with E-state index >= 15 is 0 Å². The molecule has 3 nitrogen and oxygen atoms in total. The summed E-state index contributed by atoms with van der Waals surface area (Å²) in [5.41, 5.74) is 1.18. The Labute approximate surface area is 82.6 Å². The number of pyridine rings is 1. The van der Waals surface area contributed by atoms with Gasteiger partial charge in [0.15, 0.2) is 0 Å². The minimum Gasteiger partial charge on any atom is -0.353 e. The molecule has 0 spiro atoms. The van der Waals surface area contributed by atoms with E-state index in [0.29, 0.717) is 6.04 Å². The molecule has 0 saturated carbocycles. The zero-order valence-corrected chi connectivity index (χ0v) is 8.16. The molecule has 0 bridgehead atoms. The van der Waals surface area contributed by atoms with E-state index in [1.165, 1.54) is 5.56 Å². The van der Waals surface area contributed by atoms with Gasteiger partial charge in [-0.1, -0.05) is 18.3 Å². The van der Waals surface area contributed by atoms with Gasteiger partial charge in [-0.05, 0) is 6.07 Å². The highest BCUT2D eigenvalue weighted by molar-refractivity contribution is 7.71. The Bertz CT molecular complexity index is 328. The lowest BCUT2D eigenvalue weighted by Crippen LogP contribution is -2.42. The second kappa shape index (κ2) is 4.00. The summed E-state index contributed by atoms with van der Waals surface area (Å²) < 4.78 is 0.837. The average molecular weight is 195 g/mol. The van der Waals surface area contributed by atoms with E-state index in [9.17, 15) is 0 Å². The largest absolute Gasteiger partial charge is 0.353 e. The van der Waals surface area contributed by atoms with E-state index < -0.39 is 0 Å². The summed E-state index contributed by atoms with van der Waals surface area (Å²) in [5, 5.41) is 6.76. The number of nitrogens with one attached hydrogen (secondary N) is 3. The van der Waals surface area contributed by atoms with E-state index in [0.717, 1.165) is 24.3 Å². The van der Waals surface area contributed by atoms with Crippen LogP contribution < -0.4 is 10.6 Å². The van der Waals surface area contributed by atoms with Crippen LogP contribution in [0.1, 0.15) is 11.6 Å². The molecule has 1 aliphatic rings. The van der Waals surface area contributed by atoms with Crippen molar-refractivity contribution >= 4 is 12.2 Å². The number of H-pyrrole nitrogens is 1. The van der Waals surface area contributed by atoms with Crippen LogP contribution in [0, 0.1) is 4.64 Å². The first-order chi connectivity index (χ1) is 6.38. The summed E-state index contributed by atoms with van der Waals surface area (Å²) in [7, 11) is 0. The SMILES string of the molecule is S=c1[nH]cccc1C1CNCCN1. The van der Waals surface area contributed by atoms with Gasteiger partial charge in [-0.2, -0.15) is 0 Å². The molecule has 1 atom stereocenters. The lowest BCUT2D eigenvalue weighted by Gasteiger charge is -2.24. The number of aromatic nitrogens is 1. The molecule has 0 aromatic carbocycles. The zero-order valence-electron chi connectivity index (χ0n) is 7.34. The quantitative estimate of drug-likeness (QED) is 0.585. The molecule has 0 radical (unpaired) electrons. The van der Waals surface area contributed by atoms with E-state index in [4.69, 9.17) is 12.2 Å². The molecule has 70 valence electrons. The second-order valence-electron chi connectivity index (χ2n) is 3.17. The van der Waals surface area contributed by atoms with Crippen molar-refractivity contribution in [3.8, 4) is 0 Å². The van der Waals surface area contributed by atoms with Gasteiger partial charge in [0.1, 0.15) is 4.64 Å². The molecule has 4 heteroatoms. The van der Waals surface area contributed by atoms with Crippen LogP contribution in [-0.4, -0.2) is 24.6 Å². The number of aromatic amines is 1. The van der Waals surface area contributed by atoms with Crippen LogP contribution in [0.3, 0.4) is 0 Å². The average Bonchev–Trinajstić information content (AvgIpc) is 2.20. The highest BCUT2D eigenvalue weighted by Crippen LogP contribution is 2.13. The minimum absolute atomic E-state index is 0.360. The molecular weight excluding hydrogens is 182 g/mol. The number of rotatable bonds is 1. The van der Waals surface area contributed by atoms with Gasteiger partial charge in [-0.15, -0.1) is 0 Å². The standard InChI is InChI=1S/C9H13N3S/c13-9-7(2-1-3-12-9)8-6-10-4-5-11-8/h1-3,8,10-11H,4-6H2,(H,12,13). The third-order valence-electron chi connectivity index (χ3n) is 2.27. The fourth-order valence-electron chi connectivity index (χ4n) is 1.58. The second-order valence-corrected chi connectivity index (χ2v) is 3.57. The van der Waals surface area contributed by atoms with Crippen molar-refractivity contribution in [1.29, 1.82) is 0 Å². The van der Waals surface area contributed by atoms with Crippen molar-refractivity contribution in [2.45, 2.75) is 6.04 Å². The van der Waals surface area contributed by atoms with E-state index in [-0.39, 0.29) is 0 Å². The van der Waals surface area contributed by atoms with Gasteiger partial charge in [0.05, 0.1) is 0 Å². The first-order valence-corrected chi connectivity index (χ1v) is 4.90. The maximum Gasteiger partial charge on any atom is 0.108 e. The Balaban J connectivity index is 2.24. The highest BCUT2D eigenvalue weighted by Gasteiger charge is 2.14. The first kappa shape index (κ1) is 8.87. The monoisotopic (exact) mass is 195 g/mol. The molecule has 3 N–H and O–H groups in total. The van der Waals surface area contributed by atoms with Crippen molar-refractivity contribution in [2.75, 3.05) is 19.6 Å². The third-order valence-corrected chi connectivity index (χ3v) is 2.62. The Kier molecular flexibility index (Phi) is 2.73. The maximum atomic E-state index is 5.21. The van der Waals surface area contributed by atoms with Crippen LogP contribution in [0.5, 0.6) is 0 Å². The zero-order chi connectivity index (χ0) is 9.10. The molecular formula is C9H13N3S. The topological polar surface area (TPSA) is 39.9 Å². The Morgan fingerprint density at radius 2 is 2.31 bits per heavy atom. The summed E-state index contributed by atoms with van der Waals surface area (Å²) in [5.74, 6) is 0. The van der Waals surface area contributed by atoms with Crippen molar-refractivity contribution in [3.63, 3.8) is 0 Å². The van der Waals surface area contributed by atoms with Gasteiger partial charge >= 0.3 is 0 Å². The van der Waals surface area contributed by atoms with Gasteiger partial charge in [-0.3, -0.25) is 0 Å². The molecule has 1 saturated heterocycles. The summed E-state index contributed by atoms with van der Waals surface area (Å²) in [4.78, 5) is 3.04. The minimum atomic E-state index is 0.360. The summed E-state index contributed by atoms with van der Waals surface area (Å²) in [6.07, 6.45) is 1.86. The Hall–Kier alpha value is -0.710. The number of piperazine rings is 1.